The molecule has 0 bridgehead atoms. The van der Waals surface area contributed by atoms with Crippen LogP contribution >= 0.6 is 0 Å². The number of nitrogens with zero attached hydrogens (tertiary/aromatic N) is 1. The third-order valence-electron chi connectivity index (χ3n) is 2.07. The summed E-state index contributed by atoms with van der Waals surface area (Å²) in [7, 11) is 0. The highest BCUT2D eigenvalue weighted by molar-refractivity contribution is 4.91. The number of hydrogen-bond acceptors (Lipinski definition) is 2. The van der Waals surface area contributed by atoms with Crippen molar-refractivity contribution >= 4 is 0 Å². The van der Waals surface area contributed by atoms with Crippen molar-refractivity contribution in [3.63, 3.8) is 0 Å². The Morgan fingerprint density at radius 3 is 2.46 bits per heavy atom. The summed E-state index contributed by atoms with van der Waals surface area (Å²) in [4.78, 5) is 0. The van der Waals surface area contributed by atoms with E-state index in [9.17, 15) is 0 Å². The van der Waals surface area contributed by atoms with Gasteiger partial charge >= 0.3 is 0 Å². The van der Waals surface area contributed by atoms with Crippen molar-refractivity contribution in [2.45, 2.75) is 46.5 Å². The van der Waals surface area contributed by atoms with Crippen molar-refractivity contribution in [2.75, 3.05) is 13.2 Å². The summed E-state index contributed by atoms with van der Waals surface area (Å²) >= 11 is 0. The first-order valence-electron chi connectivity index (χ1n) is 5.11. The standard InChI is InChI=1S/C11H21NO/c1-4-5-6-8-13-9-7-11(2,3)10-12/h4-9H2,1-3H3. The van der Waals surface area contributed by atoms with Crippen LogP contribution in [0.3, 0.4) is 0 Å². The minimum absolute atomic E-state index is 0.231. The molecule has 0 atom stereocenters. The van der Waals surface area contributed by atoms with Crippen molar-refractivity contribution < 1.29 is 4.74 Å². The molecule has 2 heteroatoms. The zero-order chi connectivity index (χ0) is 10.2. The van der Waals surface area contributed by atoms with Crippen molar-refractivity contribution in [1.82, 2.24) is 0 Å². The Labute approximate surface area is 81.9 Å². The summed E-state index contributed by atoms with van der Waals surface area (Å²) in [5.41, 5.74) is -0.231. The van der Waals surface area contributed by atoms with Crippen LogP contribution in [-0.4, -0.2) is 13.2 Å². The molecular weight excluding hydrogens is 162 g/mol. The summed E-state index contributed by atoms with van der Waals surface area (Å²) in [5.74, 6) is 0. The van der Waals surface area contributed by atoms with Crippen molar-refractivity contribution in [2.24, 2.45) is 5.41 Å². The van der Waals surface area contributed by atoms with Crippen LogP contribution in [0.25, 0.3) is 0 Å². The molecule has 0 fully saturated rings. The number of unbranched alkanes of at least 4 members (excludes halogenated alkanes) is 2. The second-order valence-corrected chi connectivity index (χ2v) is 4.07. The van der Waals surface area contributed by atoms with Crippen molar-refractivity contribution in [3.8, 4) is 6.07 Å². The van der Waals surface area contributed by atoms with E-state index >= 15 is 0 Å². The minimum Gasteiger partial charge on any atom is -0.381 e. The largest absolute Gasteiger partial charge is 0.381 e. The monoisotopic (exact) mass is 183 g/mol. The SMILES string of the molecule is CCCCCOCCC(C)(C)C#N. The highest BCUT2D eigenvalue weighted by Gasteiger charge is 2.15. The zero-order valence-electron chi connectivity index (χ0n) is 9.10. The summed E-state index contributed by atoms with van der Waals surface area (Å²) in [5, 5.41) is 8.73. The molecular formula is C11H21NO. The lowest BCUT2D eigenvalue weighted by molar-refractivity contribution is 0.111. The van der Waals surface area contributed by atoms with E-state index in [2.05, 4.69) is 13.0 Å². The molecule has 0 aliphatic heterocycles. The Bertz CT molecular complexity index is 158. The zero-order valence-corrected chi connectivity index (χ0v) is 9.10. The van der Waals surface area contributed by atoms with Crippen LogP contribution < -0.4 is 0 Å². The van der Waals surface area contributed by atoms with Crippen LogP contribution in [0.15, 0.2) is 0 Å². The average Bonchev–Trinajstić information content (AvgIpc) is 2.11. The second kappa shape index (κ2) is 6.91. The smallest absolute Gasteiger partial charge is 0.0684 e. The quantitative estimate of drug-likeness (QED) is 0.568. The van der Waals surface area contributed by atoms with Gasteiger partial charge < -0.3 is 4.74 Å². The maximum absolute atomic E-state index is 8.73. The number of ether oxygens (including phenoxy) is 1. The Kier molecular flexibility index (Phi) is 6.62. The van der Waals surface area contributed by atoms with E-state index in [0.29, 0.717) is 6.61 Å². The Balaban J connectivity index is 3.22. The van der Waals surface area contributed by atoms with Gasteiger partial charge in [0.05, 0.1) is 11.5 Å². The summed E-state index contributed by atoms with van der Waals surface area (Å²) in [6.07, 6.45) is 4.44. The molecule has 0 heterocycles. The molecule has 0 radical (unpaired) electrons. The van der Waals surface area contributed by atoms with Crippen LogP contribution in [-0.2, 0) is 4.74 Å². The van der Waals surface area contributed by atoms with Gasteiger partial charge in [0.15, 0.2) is 0 Å². The maximum atomic E-state index is 8.73. The molecule has 76 valence electrons. The molecule has 0 aliphatic carbocycles. The number of nitriles is 1. The summed E-state index contributed by atoms with van der Waals surface area (Å²) < 4.78 is 5.42. The molecule has 0 aliphatic rings. The first kappa shape index (κ1) is 12.4. The first-order valence-corrected chi connectivity index (χ1v) is 5.11. The lowest BCUT2D eigenvalue weighted by Crippen LogP contribution is -2.12. The molecule has 0 aromatic rings. The topological polar surface area (TPSA) is 33.0 Å². The van der Waals surface area contributed by atoms with Gasteiger partial charge in [0.1, 0.15) is 0 Å². The Morgan fingerprint density at radius 1 is 1.23 bits per heavy atom. The first-order chi connectivity index (χ1) is 6.12. The fourth-order valence-corrected chi connectivity index (χ4v) is 0.939. The van der Waals surface area contributed by atoms with Gasteiger partial charge in [-0.15, -0.1) is 0 Å². The molecule has 0 aromatic carbocycles. The van der Waals surface area contributed by atoms with Crippen LogP contribution in [0.5, 0.6) is 0 Å². The number of rotatable bonds is 7. The van der Waals surface area contributed by atoms with Gasteiger partial charge in [-0.2, -0.15) is 5.26 Å². The Morgan fingerprint density at radius 2 is 1.92 bits per heavy atom. The molecule has 0 amide bonds. The number of hydrogen-bond donors (Lipinski definition) is 0. The van der Waals surface area contributed by atoms with Gasteiger partial charge in [-0.25, -0.2) is 0 Å². The van der Waals surface area contributed by atoms with E-state index in [-0.39, 0.29) is 5.41 Å². The fourth-order valence-electron chi connectivity index (χ4n) is 0.939. The van der Waals surface area contributed by atoms with Gasteiger partial charge in [-0.3, -0.25) is 0 Å². The lowest BCUT2D eigenvalue weighted by Gasteiger charge is -2.14. The van der Waals surface area contributed by atoms with E-state index in [1.54, 1.807) is 0 Å². The highest BCUT2D eigenvalue weighted by Crippen LogP contribution is 2.17. The van der Waals surface area contributed by atoms with Crippen molar-refractivity contribution in [1.29, 1.82) is 5.26 Å². The minimum atomic E-state index is -0.231. The van der Waals surface area contributed by atoms with E-state index in [0.717, 1.165) is 19.4 Å². The summed E-state index contributed by atoms with van der Waals surface area (Å²) in [6.45, 7) is 7.63. The van der Waals surface area contributed by atoms with Gasteiger partial charge in [0.2, 0.25) is 0 Å². The highest BCUT2D eigenvalue weighted by atomic mass is 16.5. The molecule has 0 saturated carbocycles. The lowest BCUT2D eigenvalue weighted by atomic mass is 9.92. The van der Waals surface area contributed by atoms with Crippen LogP contribution in [0, 0.1) is 16.7 Å². The second-order valence-electron chi connectivity index (χ2n) is 4.07. The van der Waals surface area contributed by atoms with Gasteiger partial charge in [-0.05, 0) is 26.7 Å². The molecule has 0 N–H and O–H groups in total. The fraction of sp³-hybridized carbons (Fsp3) is 0.909. The molecule has 2 nitrogen and oxygen atoms in total. The summed E-state index contributed by atoms with van der Waals surface area (Å²) in [6, 6.07) is 2.26. The molecule has 0 spiro atoms. The Hall–Kier alpha value is -0.550. The molecule has 0 aromatic heterocycles. The van der Waals surface area contributed by atoms with Crippen molar-refractivity contribution in [3.05, 3.63) is 0 Å². The maximum Gasteiger partial charge on any atom is 0.0684 e. The molecule has 13 heavy (non-hydrogen) atoms. The third-order valence-corrected chi connectivity index (χ3v) is 2.07. The van der Waals surface area contributed by atoms with E-state index in [1.165, 1.54) is 12.8 Å². The molecule has 0 rings (SSSR count). The van der Waals surface area contributed by atoms with Gasteiger partial charge in [-0.1, -0.05) is 19.8 Å². The molecule has 0 saturated heterocycles. The van der Waals surface area contributed by atoms with E-state index in [4.69, 9.17) is 10.00 Å². The van der Waals surface area contributed by atoms with Crippen LogP contribution in [0.1, 0.15) is 46.5 Å². The van der Waals surface area contributed by atoms with E-state index < -0.39 is 0 Å². The molecule has 0 unspecified atom stereocenters. The van der Waals surface area contributed by atoms with Crippen LogP contribution in [0.2, 0.25) is 0 Å². The normalized spacial score (nSPS) is 11.2. The van der Waals surface area contributed by atoms with Gasteiger partial charge in [0, 0.05) is 13.2 Å². The third kappa shape index (κ3) is 7.80. The van der Waals surface area contributed by atoms with Gasteiger partial charge in [0.25, 0.3) is 0 Å². The average molecular weight is 183 g/mol. The predicted octanol–water partition coefficient (Wildman–Crippen LogP) is 3.13. The predicted molar refractivity (Wildman–Crippen MR) is 54.4 cm³/mol. The van der Waals surface area contributed by atoms with E-state index in [1.807, 2.05) is 13.8 Å². The van der Waals surface area contributed by atoms with Crippen LogP contribution in [0.4, 0.5) is 0 Å².